The predicted octanol–water partition coefficient (Wildman–Crippen LogP) is 2.88. The minimum atomic E-state index is 1.21. The van der Waals surface area contributed by atoms with Crippen LogP contribution in [0.3, 0.4) is 0 Å². The first kappa shape index (κ1) is 6.60. The summed E-state index contributed by atoms with van der Waals surface area (Å²) in [7, 11) is 0. The summed E-state index contributed by atoms with van der Waals surface area (Å²) >= 11 is 0. The molecule has 0 aliphatic heterocycles. The first-order valence-electron chi connectivity index (χ1n) is 3.63. The van der Waals surface area contributed by atoms with Crippen molar-refractivity contribution >= 4 is 0 Å². The lowest BCUT2D eigenvalue weighted by Gasteiger charge is -1.91. The van der Waals surface area contributed by atoms with Crippen LogP contribution < -0.4 is 0 Å². The molecule has 0 unspecified atom stereocenters. The highest BCUT2D eigenvalue weighted by molar-refractivity contribution is 5.03. The minimum Gasteiger partial charge on any atom is -0.0845 e. The molecule has 1 aliphatic carbocycles. The minimum absolute atomic E-state index is 1.21. The largest absolute Gasteiger partial charge is 0.0845 e. The van der Waals surface area contributed by atoms with Crippen LogP contribution in [-0.4, -0.2) is 0 Å². The maximum Gasteiger partial charge on any atom is -0.0345 e. The van der Waals surface area contributed by atoms with Crippen molar-refractivity contribution in [3.8, 4) is 0 Å². The molecular weight excluding hydrogens is 108 g/mol. The van der Waals surface area contributed by atoms with Crippen LogP contribution in [0.1, 0.15) is 25.7 Å². The molecule has 0 heterocycles. The average molecular weight is 121 g/mol. The fourth-order valence-corrected chi connectivity index (χ4v) is 0.922. The third-order valence-electron chi connectivity index (χ3n) is 1.46. The van der Waals surface area contributed by atoms with Gasteiger partial charge in [-0.05, 0) is 32.1 Å². The molecule has 49 valence electrons. The maximum atomic E-state index is 2.36. The second-order valence-corrected chi connectivity index (χ2v) is 2.30. The molecule has 0 bridgehead atoms. The fraction of sp³-hybridized carbons (Fsp3) is 0.444. The van der Waals surface area contributed by atoms with Crippen molar-refractivity contribution in [1.82, 2.24) is 0 Å². The summed E-state index contributed by atoms with van der Waals surface area (Å²) in [6, 6.07) is 0. The van der Waals surface area contributed by atoms with Gasteiger partial charge >= 0.3 is 0 Å². The van der Waals surface area contributed by atoms with Crippen LogP contribution in [0, 0.1) is 6.42 Å². The molecule has 0 heteroatoms. The molecular formula is C9H13. The van der Waals surface area contributed by atoms with Crippen molar-refractivity contribution in [2.75, 3.05) is 0 Å². The normalized spacial score (nSPS) is 27.6. The Morgan fingerprint density at radius 1 is 0.667 bits per heavy atom. The van der Waals surface area contributed by atoms with Crippen LogP contribution in [0.2, 0.25) is 0 Å². The summed E-state index contributed by atoms with van der Waals surface area (Å²) in [6.45, 7) is 0. The van der Waals surface area contributed by atoms with Gasteiger partial charge in [0.25, 0.3) is 0 Å². The first-order valence-corrected chi connectivity index (χ1v) is 3.63. The van der Waals surface area contributed by atoms with Gasteiger partial charge in [0.15, 0.2) is 0 Å². The summed E-state index contributed by atoms with van der Waals surface area (Å²) in [5.74, 6) is 0. The van der Waals surface area contributed by atoms with Gasteiger partial charge in [0.1, 0.15) is 0 Å². The standard InChI is InChI=1S/C9H13/c1-2-4-6-8-9-7-5-3-1/h1-4,9H,5-8H2/b3-1-,4-2+. The molecule has 0 fully saturated rings. The van der Waals surface area contributed by atoms with Gasteiger partial charge in [-0.15, -0.1) is 0 Å². The average Bonchev–Trinajstić information content (AvgIpc) is 2.00. The predicted molar refractivity (Wildman–Crippen MR) is 41.0 cm³/mol. The van der Waals surface area contributed by atoms with E-state index in [-0.39, 0.29) is 0 Å². The molecule has 0 aromatic carbocycles. The van der Waals surface area contributed by atoms with Crippen LogP contribution in [0.4, 0.5) is 0 Å². The molecule has 0 atom stereocenters. The van der Waals surface area contributed by atoms with Crippen molar-refractivity contribution in [2.45, 2.75) is 25.7 Å². The third kappa shape index (κ3) is 3.12. The zero-order chi connectivity index (χ0) is 6.36. The zero-order valence-corrected chi connectivity index (χ0v) is 5.72. The highest BCUT2D eigenvalue weighted by Crippen LogP contribution is 2.05. The fourth-order valence-electron chi connectivity index (χ4n) is 0.922. The molecule has 0 aromatic heterocycles. The van der Waals surface area contributed by atoms with Gasteiger partial charge in [-0.1, -0.05) is 24.3 Å². The van der Waals surface area contributed by atoms with E-state index in [4.69, 9.17) is 0 Å². The van der Waals surface area contributed by atoms with Gasteiger partial charge in [-0.25, -0.2) is 0 Å². The number of hydrogen-bond donors (Lipinski definition) is 0. The summed E-state index contributed by atoms with van der Waals surface area (Å²) in [6.07, 6.45) is 16.0. The quantitative estimate of drug-likeness (QED) is 0.462. The van der Waals surface area contributed by atoms with Crippen LogP contribution in [0.25, 0.3) is 0 Å². The zero-order valence-electron chi connectivity index (χ0n) is 5.72. The molecule has 9 heavy (non-hydrogen) atoms. The Kier molecular flexibility index (Phi) is 3.20. The third-order valence-corrected chi connectivity index (χ3v) is 1.46. The molecule has 0 spiro atoms. The molecule has 1 radical (unpaired) electrons. The maximum absolute atomic E-state index is 2.36. The lowest BCUT2D eigenvalue weighted by Crippen LogP contribution is -1.73. The van der Waals surface area contributed by atoms with E-state index in [1.165, 1.54) is 25.7 Å². The smallest absolute Gasteiger partial charge is 0.0345 e. The van der Waals surface area contributed by atoms with Gasteiger partial charge in [0, 0.05) is 0 Å². The molecule has 1 rings (SSSR count). The van der Waals surface area contributed by atoms with E-state index in [0.717, 1.165) is 0 Å². The Labute approximate surface area is 57.3 Å². The Morgan fingerprint density at radius 3 is 1.78 bits per heavy atom. The molecule has 0 N–H and O–H groups in total. The van der Waals surface area contributed by atoms with Gasteiger partial charge < -0.3 is 0 Å². The lowest BCUT2D eigenvalue weighted by molar-refractivity contribution is 0.861. The Bertz CT molecular complexity index is 95.2. The van der Waals surface area contributed by atoms with Crippen LogP contribution in [0.5, 0.6) is 0 Å². The molecule has 1 aliphatic rings. The lowest BCUT2D eigenvalue weighted by atomic mass is 10.1. The molecule has 0 saturated heterocycles. The van der Waals surface area contributed by atoms with E-state index < -0.39 is 0 Å². The number of hydrogen-bond acceptors (Lipinski definition) is 0. The SMILES string of the molecule is [CH]1CC/C=C\C=C\CC1. The van der Waals surface area contributed by atoms with E-state index in [9.17, 15) is 0 Å². The van der Waals surface area contributed by atoms with Gasteiger partial charge in [0.05, 0.1) is 0 Å². The Balaban J connectivity index is 2.28. The number of allylic oxidation sites excluding steroid dienone is 4. The van der Waals surface area contributed by atoms with Crippen molar-refractivity contribution in [2.24, 2.45) is 0 Å². The van der Waals surface area contributed by atoms with Crippen LogP contribution >= 0.6 is 0 Å². The summed E-state index contributed by atoms with van der Waals surface area (Å²) in [5.41, 5.74) is 0. The van der Waals surface area contributed by atoms with Crippen molar-refractivity contribution < 1.29 is 0 Å². The van der Waals surface area contributed by atoms with Gasteiger partial charge in [-0.3, -0.25) is 0 Å². The summed E-state index contributed by atoms with van der Waals surface area (Å²) in [4.78, 5) is 0. The van der Waals surface area contributed by atoms with Crippen LogP contribution in [-0.2, 0) is 0 Å². The molecule has 0 nitrogen and oxygen atoms in total. The van der Waals surface area contributed by atoms with Crippen molar-refractivity contribution in [3.05, 3.63) is 30.7 Å². The molecule has 0 saturated carbocycles. The van der Waals surface area contributed by atoms with Gasteiger partial charge in [-0.2, -0.15) is 0 Å². The van der Waals surface area contributed by atoms with E-state index in [1.807, 2.05) is 0 Å². The van der Waals surface area contributed by atoms with E-state index in [0.29, 0.717) is 0 Å². The second-order valence-electron chi connectivity index (χ2n) is 2.30. The highest BCUT2D eigenvalue weighted by Gasteiger charge is 1.86. The summed E-state index contributed by atoms with van der Waals surface area (Å²) < 4.78 is 0. The first-order chi connectivity index (χ1) is 4.50. The molecule has 0 amide bonds. The van der Waals surface area contributed by atoms with E-state index in [1.54, 1.807) is 0 Å². The second kappa shape index (κ2) is 4.37. The summed E-state index contributed by atoms with van der Waals surface area (Å²) in [5, 5.41) is 0. The number of rotatable bonds is 0. The monoisotopic (exact) mass is 121 g/mol. The van der Waals surface area contributed by atoms with E-state index >= 15 is 0 Å². The Hall–Kier alpha value is -0.520. The van der Waals surface area contributed by atoms with Crippen LogP contribution in [0.15, 0.2) is 24.3 Å². The van der Waals surface area contributed by atoms with E-state index in [2.05, 4.69) is 30.7 Å². The molecule has 0 aromatic rings. The van der Waals surface area contributed by atoms with Crippen molar-refractivity contribution in [3.63, 3.8) is 0 Å². The van der Waals surface area contributed by atoms with Gasteiger partial charge in [0.2, 0.25) is 0 Å². The Morgan fingerprint density at radius 2 is 1.22 bits per heavy atom. The topological polar surface area (TPSA) is 0 Å². The van der Waals surface area contributed by atoms with Crippen molar-refractivity contribution in [1.29, 1.82) is 0 Å². The highest BCUT2D eigenvalue weighted by atomic mass is 13.9.